The lowest BCUT2D eigenvalue weighted by molar-refractivity contribution is 0.0562. The number of furan rings is 1. The van der Waals surface area contributed by atoms with Gasteiger partial charge in [-0.2, -0.15) is 0 Å². The number of benzene rings is 1. The molecule has 0 bridgehead atoms. The Morgan fingerprint density at radius 3 is 2.80 bits per heavy atom. The van der Waals surface area contributed by atoms with E-state index in [2.05, 4.69) is 4.74 Å². The minimum Gasteiger partial charge on any atom is -0.463 e. The number of ether oxygens (including phenoxy) is 1. The minimum atomic E-state index is -0.506. The van der Waals surface area contributed by atoms with Crippen molar-refractivity contribution in [2.75, 3.05) is 12.8 Å². The molecule has 4 nitrogen and oxygen atoms in total. The summed E-state index contributed by atoms with van der Waals surface area (Å²) in [5, 5.41) is 0. The maximum Gasteiger partial charge on any atom is 0.374 e. The van der Waals surface area contributed by atoms with E-state index in [9.17, 15) is 9.18 Å². The molecule has 0 unspecified atom stereocenters. The van der Waals surface area contributed by atoms with Gasteiger partial charge in [-0.25, -0.2) is 9.18 Å². The first kappa shape index (κ1) is 14.5. The molecule has 106 valence electrons. The van der Waals surface area contributed by atoms with Crippen molar-refractivity contribution < 1.29 is 18.3 Å². The highest BCUT2D eigenvalue weighted by molar-refractivity contribution is 7.98. The number of methoxy groups -OCH3 is 1. The molecule has 0 atom stereocenters. The van der Waals surface area contributed by atoms with Gasteiger partial charge in [0.2, 0.25) is 5.76 Å². The summed E-state index contributed by atoms with van der Waals surface area (Å²) in [5.41, 5.74) is 6.66. The number of thioether (sulfide) groups is 1. The molecular formula is C14H14FNO3S. The number of esters is 1. The number of rotatable bonds is 4. The molecule has 0 aliphatic carbocycles. The number of nitrogens with two attached hydrogens (primary N) is 1. The average molecular weight is 295 g/mol. The third-order valence-corrected chi connectivity index (χ3v) is 3.61. The number of hydrogen-bond donors (Lipinski definition) is 1. The molecule has 1 aromatic heterocycles. The van der Waals surface area contributed by atoms with E-state index in [0.717, 1.165) is 0 Å². The molecule has 2 N–H and O–H groups in total. The number of anilines is 1. The van der Waals surface area contributed by atoms with Crippen LogP contribution in [0.4, 0.5) is 10.1 Å². The Balaban J connectivity index is 2.09. The van der Waals surface area contributed by atoms with Crippen LogP contribution in [0, 0.1) is 12.7 Å². The Morgan fingerprint density at radius 2 is 2.15 bits per heavy atom. The molecular weight excluding hydrogens is 281 g/mol. The van der Waals surface area contributed by atoms with Crippen molar-refractivity contribution in [3.8, 4) is 0 Å². The van der Waals surface area contributed by atoms with Crippen molar-refractivity contribution in [2.24, 2.45) is 0 Å². The van der Waals surface area contributed by atoms with E-state index in [0.29, 0.717) is 27.7 Å². The summed E-state index contributed by atoms with van der Waals surface area (Å²) in [6, 6.07) is 6.11. The number of halogens is 1. The van der Waals surface area contributed by atoms with Gasteiger partial charge in [0.15, 0.2) is 0 Å². The highest BCUT2D eigenvalue weighted by atomic mass is 32.2. The van der Waals surface area contributed by atoms with Gasteiger partial charge in [-0.15, -0.1) is 11.8 Å². The minimum absolute atomic E-state index is 0.196. The summed E-state index contributed by atoms with van der Waals surface area (Å²) < 4.78 is 23.2. The number of hydrogen-bond acceptors (Lipinski definition) is 5. The highest BCUT2D eigenvalue weighted by Gasteiger charge is 2.16. The fourth-order valence-electron chi connectivity index (χ4n) is 1.74. The predicted octanol–water partition coefficient (Wildman–Crippen LogP) is 3.39. The summed E-state index contributed by atoms with van der Waals surface area (Å²) in [6.07, 6.45) is 0. The zero-order valence-electron chi connectivity index (χ0n) is 11.1. The van der Waals surface area contributed by atoms with Gasteiger partial charge in [0.05, 0.1) is 12.9 Å². The molecule has 6 heteroatoms. The smallest absolute Gasteiger partial charge is 0.374 e. The summed E-state index contributed by atoms with van der Waals surface area (Å²) in [7, 11) is 1.30. The number of aryl methyl sites for hydroxylation is 1. The van der Waals surface area contributed by atoms with Crippen LogP contribution < -0.4 is 5.73 Å². The van der Waals surface area contributed by atoms with Crippen molar-refractivity contribution in [1.82, 2.24) is 0 Å². The largest absolute Gasteiger partial charge is 0.463 e. The fourth-order valence-corrected chi connectivity index (χ4v) is 2.60. The summed E-state index contributed by atoms with van der Waals surface area (Å²) >= 11 is 1.38. The van der Waals surface area contributed by atoms with E-state index < -0.39 is 5.97 Å². The van der Waals surface area contributed by atoms with E-state index in [4.69, 9.17) is 10.2 Å². The zero-order chi connectivity index (χ0) is 14.7. The lowest BCUT2D eigenvalue weighted by Crippen LogP contribution is -2.00. The third kappa shape index (κ3) is 3.33. The molecule has 0 fully saturated rings. The Morgan fingerprint density at radius 1 is 1.40 bits per heavy atom. The second-order valence-electron chi connectivity index (χ2n) is 4.23. The first-order valence-electron chi connectivity index (χ1n) is 5.86. The van der Waals surface area contributed by atoms with Gasteiger partial charge < -0.3 is 14.9 Å². The lowest BCUT2D eigenvalue weighted by atomic mass is 10.3. The SMILES string of the molecule is COC(=O)c1oc(CSc2cc(N)cc(F)c2)cc1C. The molecule has 0 amide bonds. The Kier molecular flexibility index (Phi) is 4.34. The van der Waals surface area contributed by atoms with Crippen LogP contribution in [0.5, 0.6) is 0 Å². The molecule has 0 aliphatic heterocycles. The van der Waals surface area contributed by atoms with E-state index in [1.165, 1.54) is 31.0 Å². The van der Waals surface area contributed by atoms with Crippen LogP contribution in [0.2, 0.25) is 0 Å². The molecule has 0 saturated heterocycles. The van der Waals surface area contributed by atoms with Crippen LogP contribution in [-0.2, 0) is 10.5 Å². The Labute approximate surface area is 120 Å². The zero-order valence-corrected chi connectivity index (χ0v) is 11.9. The van der Waals surface area contributed by atoms with Crippen LogP contribution in [0.1, 0.15) is 21.9 Å². The number of carbonyl (C=O) groups is 1. The van der Waals surface area contributed by atoms with Crippen molar-refractivity contribution in [3.63, 3.8) is 0 Å². The van der Waals surface area contributed by atoms with E-state index in [1.54, 1.807) is 19.1 Å². The molecule has 2 rings (SSSR count). The standard InChI is InChI=1S/C14H14FNO3S/c1-8-3-11(19-13(8)14(17)18-2)7-20-12-5-9(15)4-10(16)6-12/h3-6H,7,16H2,1-2H3. The quantitative estimate of drug-likeness (QED) is 0.532. The topological polar surface area (TPSA) is 65.5 Å². The van der Waals surface area contributed by atoms with E-state index >= 15 is 0 Å². The van der Waals surface area contributed by atoms with Gasteiger partial charge in [-0.1, -0.05) is 0 Å². The average Bonchev–Trinajstić information content (AvgIpc) is 2.76. The second-order valence-corrected chi connectivity index (χ2v) is 5.27. The summed E-state index contributed by atoms with van der Waals surface area (Å²) in [4.78, 5) is 12.1. The lowest BCUT2D eigenvalue weighted by Gasteiger charge is -2.01. The van der Waals surface area contributed by atoms with Crippen LogP contribution in [0.15, 0.2) is 33.6 Å². The number of carbonyl (C=O) groups excluding carboxylic acids is 1. The normalized spacial score (nSPS) is 10.6. The van der Waals surface area contributed by atoms with Crippen LogP contribution in [0.25, 0.3) is 0 Å². The molecule has 0 radical (unpaired) electrons. The van der Waals surface area contributed by atoms with Gasteiger partial charge in [0, 0.05) is 16.1 Å². The van der Waals surface area contributed by atoms with Crippen molar-refractivity contribution in [3.05, 3.63) is 47.2 Å². The molecule has 0 aliphatic rings. The molecule has 1 heterocycles. The molecule has 0 saturated carbocycles. The van der Waals surface area contributed by atoms with E-state index in [-0.39, 0.29) is 11.6 Å². The first-order valence-corrected chi connectivity index (χ1v) is 6.84. The van der Waals surface area contributed by atoms with Gasteiger partial charge in [0.25, 0.3) is 0 Å². The molecule has 1 aromatic carbocycles. The molecule has 0 spiro atoms. The second kappa shape index (κ2) is 6.00. The number of nitrogen functional groups attached to an aromatic ring is 1. The van der Waals surface area contributed by atoms with Gasteiger partial charge in [-0.05, 0) is 31.2 Å². The first-order chi connectivity index (χ1) is 9.49. The maximum absolute atomic E-state index is 13.2. The van der Waals surface area contributed by atoms with Gasteiger partial charge >= 0.3 is 5.97 Å². The van der Waals surface area contributed by atoms with Gasteiger partial charge in [0.1, 0.15) is 11.6 Å². The van der Waals surface area contributed by atoms with Crippen molar-refractivity contribution in [1.29, 1.82) is 0 Å². The maximum atomic E-state index is 13.2. The Bertz CT molecular complexity index is 619. The molecule has 2 aromatic rings. The van der Waals surface area contributed by atoms with Crippen LogP contribution in [0.3, 0.4) is 0 Å². The van der Waals surface area contributed by atoms with Crippen molar-refractivity contribution >= 4 is 23.4 Å². The fraction of sp³-hybridized carbons (Fsp3) is 0.214. The van der Waals surface area contributed by atoms with Crippen molar-refractivity contribution in [2.45, 2.75) is 17.6 Å². The van der Waals surface area contributed by atoms with Crippen LogP contribution >= 0.6 is 11.8 Å². The molecule has 20 heavy (non-hydrogen) atoms. The summed E-state index contributed by atoms with van der Waals surface area (Å²) in [5.74, 6) is 0.408. The van der Waals surface area contributed by atoms with E-state index in [1.807, 2.05) is 0 Å². The predicted molar refractivity (Wildman–Crippen MR) is 75.2 cm³/mol. The third-order valence-electron chi connectivity index (χ3n) is 2.61. The Hall–Kier alpha value is -1.95. The highest BCUT2D eigenvalue weighted by Crippen LogP contribution is 2.27. The monoisotopic (exact) mass is 295 g/mol. The van der Waals surface area contributed by atoms with Gasteiger partial charge in [-0.3, -0.25) is 0 Å². The van der Waals surface area contributed by atoms with Crippen LogP contribution in [-0.4, -0.2) is 13.1 Å². The summed E-state index contributed by atoms with van der Waals surface area (Å²) in [6.45, 7) is 1.77.